The molecule has 0 aliphatic carbocycles. The van der Waals surface area contributed by atoms with Crippen molar-refractivity contribution < 1.29 is 4.79 Å². The van der Waals surface area contributed by atoms with Crippen LogP contribution in [0, 0.1) is 5.92 Å². The van der Waals surface area contributed by atoms with Crippen molar-refractivity contribution in [3.63, 3.8) is 0 Å². The monoisotopic (exact) mass is 208 g/mol. The van der Waals surface area contributed by atoms with Crippen LogP contribution in [-0.4, -0.2) is 37.5 Å². The van der Waals surface area contributed by atoms with Crippen LogP contribution >= 0.6 is 0 Å². The first-order chi connectivity index (χ1) is 7.27. The molecule has 3 nitrogen and oxygen atoms in total. The third kappa shape index (κ3) is 3.88. The number of amides is 1. The van der Waals surface area contributed by atoms with Gasteiger partial charge in [0.1, 0.15) is 0 Å². The lowest BCUT2D eigenvalue weighted by atomic mass is 10.1. The molecule has 1 aliphatic heterocycles. The molecule has 1 N–H and O–H groups in total. The predicted octanol–water partition coefficient (Wildman–Crippen LogP) is 1.19. The Morgan fingerprint density at radius 2 is 2.33 bits per heavy atom. The van der Waals surface area contributed by atoms with Crippen LogP contribution in [0.4, 0.5) is 0 Å². The Morgan fingerprint density at radius 3 is 3.00 bits per heavy atom. The molecule has 1 amide bonds. The Balaban J connectivity index is 2.36. The van der Waals surface area contributed by atoms with E-state index in [9.17, 15) is 4.79 Å². The fourth-order valence-corrected chi connectivity index (χ4v) is 1.84. The Kier molecular flexibility index (Phi) is 5.12. The number of nitrogens with zero attached hydrogens (tertiary/aromatic N) is 1. The quantitative estimate of drug-likeness (QED) is 0.556. The molecule has 0 aromatic heterocycles. The first-order valence-corrected chi connectivity index (χ1v) is 5.50. The first kappa shape index (κ1) is 12.0. The lowest BCUT2D eigenvalue weighted by Crippen LogP contribution is -2.28. The van der Waals surface area contributed by atoms with Crippen LogP contribution in [0.25, 0.3) is 0 Å². The lowest BCUT2D eigenvalue weighted by molar-refractivity contribution is -0.125. The van der Waals surface area contributed by atoms with Gasteiger partial charge in [-0.15, -0.1) is 0 Å². The molecule has 1 aliphatic rings. The maximum atomic E-state index is 11.7. The normalized spacial score (nSPS) is 22.0. The third-order valence-corrected chi connectivity index (χ3v) is 2.63. The van der Waals surface area contributed by atoms with Crippen molar-refractivity contribution in [2.24, 2.45) is 5.92 Å². The van der Waals surface area contributed by atoms with Crippen LogP contribution in [0.15, 0.2) is 24.3 Å². The highest BCUT2D eigenvalue weighted by Gasteiger charge is 2.23. The van der Waals surface area contributed by atoms with Crippen molar-refractivity contribution in [3.05, 3.63) is 24.3 Å². The summed E-state index contributed by atoms with van der Waals surface area (Å²) in [7, 11) is 1.95. The van der Waals surface area contributed by atoms with E-state index in [0.717, 1.165) is 26.1 Å². The number of allylic oxidation sites excluding steroid dienone is 3. The summed E-state index contributed by atoms with van der Waals surface area (Å²) in [6.07, 6.45) is 8.34. The molecule has 0 bridgehead atoms. The van der Waals surface area contributed by atoms with E-state index in [4.69, 9.17) is 0 Å². The molecule has 0 aromatic carbocycles. The number of hydrogen-bond donors (Lipinski definition) is 1. The van der Waals surface area contributed by atoms with Gasteiger partial charge in [-0.25, -0.2) is 0 Å². The van der Waals surface area contributed by atoms with Gasteiger partial charge >= 0.3 is 0 Å². The van der Waals surface area contributed by atoms with E-state index >= 15 is 0 Å². The minimum atomic E-state index is 0.131. The van der Waals surface area contributed by atoms with E-state index in [-0.39, 0.29) is 5.91 Å². The highest BCUT2D eigenvalue weighted by atomic mass is 16.2. The summed E-state index contributed by atoms with van der Waals surface area (Å²) < 4.78 is 0. The zero-order valence-corrected chi connectivity index (χ0v) is 9.57. The Labute approximate surface area is 91.8 Å². The topological polar surface area (TPSA) is 32.3 Å². The molecule has 15 heavy (non-hydrogen) atoms. The average Bonchev–Trinajstić information content (AvgIpc) is 2.67. The van der Waals surface area contributed by atoms with E-state index in [2.05, 4.69) is 5.32 Å². The standard InChI is InChI=1S/C12H20N2O/c1-3-4-5-6-12(15)14-8-7-11(10-14)9-13-2/h3-6,11,13H,7-10H2,1-2H3/b4-3+,6-5+/t11-/m1/s1. The number of likely N-dealkylation sites (tertiary alicyclic amines) is 1. The summed E-state index contributed by atoms with van der Waals surface area (Å²) in [4.78, 5) is 13.6. The molecule has 3 heteroatoms. The molecule has 1 atom stereocenters. The van der Waals surface area contributed by atoms with Gasteiger partial charge in [0.05, 0.1) is 0 Å². The maximum absolute atomic E-state index is 11.7. The number of nitrogens with one attached hydrogen (secondary N) is 1. The van der Waals surface area contributed by atoms with Crippen LogP contribution in [0.5, 0.6) is 0 Å². The summed E-state index contributed by atoms with van der Waals surface area (Å²) in [5.41, 5.74) is 0. The molecule has 1 heterocycles. The van der Waals surface area contributed by atoms with Crippen LogP contribution in [0.3, 0.4) is 0 Å². The molecule has 1 fully saturated rings. The van der Waals surface area contributed by atoms with Crippen LogP contribution in [-0.2, 0) is 4.79 Å². The van der Waals surface area contributed by atoms with Crippen molar-refractivity contribution in [2.45, 2.75) is 13.3 Å². The first-order valence-electron chi connectivity index (χ1n) is 5.50. The highest BCUT2D eigenvalue weighted by Crippen LogP contribution is 2.15. The predicted molar refractivity (Wildman–Crippen MR) is 62.6 cm³/mol. The van der Waals surface area contributed by atoms with Crippen molar-refractivity contribution in [1.29, 1.82) is 0 Å². The summed E-state index contributed by atoms with van der Waals surface area (Å²) in [5, 5.41) is 3.15. The van der Waals surface area contributed by atoms with Gasteiger partial charge in [0.25, 0.3) is 0 Å². The van der Waals surface area contributed by atoms with E-state index in [1.807, 2.05) is 31.0 Å². The van der Waals surface area contributed by atoms with Gasteiger partial charge in [-0.3, -0.25) is 4.79 Å². The zero-order chi connectivity index (χ0) is 11.1. The van der Waals surface area contributed by atoms with Gasteiger partial charge in [-0.05, 0) is 32.9 Å². The van der Waals surface area contributed by atoms with Gasteiger partial charge in [-0.2, -0.15) is 0 Å². The van der Waals surface area contributed by atoms with Crippen molar-refractivity contribution in [2.75, 3.05) is 26.7 Å². The summed E-state index contributed by atoms with van der Waals surface area (Å²) in [6, 6.07) is 0. The molecule has 1 saturated heterocycles. The van der Waals surface area contributed by atoms with Crippen LogP contribution < -0.4 is 5.32 Å². The fraction of sp³-hybridized carbons (Fsp3) is 0.583. The van der Waals surface area contributed by atoms with Gasteiger partial charge in [0.2, 0.25) is 5.91 Å². The molecule has 0 saturated carbocycles. The van der Waals surface area contributed by atoms with E-state index in [1.165, 1.54) is 0 Å². The minimum Gasteiger partial charge on any atom is -0.339 e. The lowest BCUT2D eigenvalue weighted by Gasteiger charge is -2.13. The van der Waals surface area contributed by atoms with E-state index in [0.29, 0.717) is 5.92 Å². The van der Waals surface area contributed by atoms with Crippen molar-refractivity contribution in [3.8, 4) is 0 Å². The van der Waals surface area contributed by atoms with Gasteiger partial charge < -0.3 is 10.2 Å². The second-order valence-corrected chi connectivity index (χ2v) is 3.88. The molecule has 1 rings (SSSR count). The SMILES string of the molecule is C/C=C/C=C/C(=O)N1CC[C@H](CNC)C1. The summed E-state index contributed by atoms with van der Waals surface area (Å²) in [6.45, 7) is 4.72. The summed E-state index contributed by atoms with van der Waals surface area (Å²) in [5.74, 6) is 0.751. The Hall–Kier alpha value is -1.09. The smallest absolute Gasteiger partial charge is 0.246 e. The number of carbonyl (C=O) groups is 1. The second-order valence-electron chi connectivity index (χ2n) is 3.88. The molecular formula is C12H20N2O. The number of hydrogen-bond acceptors (Lipinski definition) is 2. The molecule has 84 valence electrons. The van der Waals surface area contributed by atoms with Crippen molar-refractivity contribution in [1.82, 2.24) is 10.2 Å². The van der Waals surface area contributed by atoms with Gasteiger partial charge in [-0.1, -0.05) is 18.2 Å². The zero-order valence-electron chi connectivity index (χ0n) is 9.57. The molecule has 0 radical (unpaired) electrons. The number of carbonyl (C=O) groups excluding carboxylic acids is 1. The molecular weight excluding hydrogens is 188 g/mol. The average molecular weight is 208 g/mol. The maximum Gasteiger partial charge on any atom is 0.246 e. The van der Waals surface area contributed by atoms with Gasteiger partial charge in [0, 0.05) is 19.2 Å². The Bertz CT molecular complexity index is 258. The third-order valence-electron chi connectivity index (χ3n) is 2.63. The molecule has 0 unspecified atom stereocenters. The number of rotatable bonds is 4. The highest BCUT2D eigenvalue weighted by molar-refractivity contribution is 5.88. The molecule has 0 aromatic rings. The second kappa shape index (κ2) is 6.40. The Morgan fingerprint density at radius 1 is 1.53 bits per heavy atom. The largest absolute Gasteiger partial charge is 0.339 e. The van der Waals surface area contributed by atoms with E-state index < -0.39 is 0 Å². The van der Waals surface area contributed by atoms with Crippen molar-refractivity contribution >= 4 is 5.91 Å². The molecule has 0 spiro atoms. The van der Waals surface area contributed by atoms with Gasteiger partial charge in [0.15, 0.2) is 0 Å². The summed E-state index contributed by atoms with van der Waals surface area (Å²) >= 11 is 0. The minimum absolute atomic E-state index is 0.131. The van der Waals surface area contributed by atoms with E-state index in [1.54, 1.807) is 12.2 Å². The van der Waals surface area contributed by atoms with Crippen LogP contribution in [0.1, 0.15) is 13.3 Å². The van der Waals surface area contributed by atoms with Crippen LogP contribution in [0.2, 0.25) is 0 Å². The fourth-order valence-electron chi connectivity index (χ4n) is 1.84.